The second-order valence-electron chi connectivity index (χ2n) is 30.2. The summed E-state index contributed by atoms with van der Waals surface area (Å²) in [6.07, 6.45) is 0.268. The van der Waals surface area contributed by atoms with Gasteiger partial charge in [0.2, 0.25) is 0 Å². The summed E-state index contributed by atoms with van der Waals surface area (Å²) >= 11 is 4.09. The summed E-state index contributed by atoms with van der Waals surface area (Å²) < 4.78 is 45.2. The van der Waals surface area contributed by atoms with Crippen LogP contribution in [0.25, 0.3) is 0 Å². The first-order valence-corrected chi connectivity index (χ1v) is 35.4. The average Bonchev–Trinajstić information content (AvgIpc) is 1.28. The second-order valence-corrected chi connectivity index (χ2v) is 37.6. The predicted octanol–water partition coefficient (Wildman–Crippen LogP) is 16.8. The standard InChI is InChI=1S/C23H39O5PS.C21H33O6PS.C21H35O5PS/c1-11-23(12-2,28-29(26)27)19(25)22(9,10)30-15-13-16(20(3,4)5)18(24)17(14-15)21(6,7)8;1-19(2,3)15-10-14(11-16(18(15)24)20(4,5)6)29-21(7,8)17(23)9-13(22)12-27-28(25)26;1-18(2,3)14-11-13(12-15(16(14)22)19(4,5)6)28-21(9,10)17(23)20(7,8)26-27(24)25/h13-14,24,29H,11-12H2,1-10H3,(H,26,27);10-11,24,28H,9,12H2,1-8H3,(H,25,26);11-12,22,27H,1-10H3,(H,24,25). The minimum absolute atomic E-state index is 0.208. The molecule has 0 heterocycles. The Morgan fingerprint density at radius 3 is 0.885 bits per heavy atom. The molecule has 16 nitrogen and oxygen atoms in total. The van der Waals surface area contributed by atoms with Gasteiger partial charge in [-0.1, -0.05) is 138 Å². The highest BCUT2D eigenvalue weighted by Gasteiger charge is 2.47. The van der Waals surface area contributed by atoms with Crippen LogP contribution in [0.15, 0.2) is 51.1 Å². The van der Waals surface area contributed by atoms with Gasteiger partial charge in [-0.15, -0.1) is 35.3 Å². The molecule has 3 rings (SSSR count). The first-order chi connectivity index (χ1) is 38.6. The van der Waals surface area contributed by atoms with E-state index in [0.29, 0.717) is 18.6 Å². The van der Waals surface area contributed by atoms with Crippen LogP contribution in [0.1, 0.15) is 247 Å². The van der Waals surface area contributed by atoms with Crippen molar-refractivity contribution in [1.29, 1.82) is 0 Å². The van der Waals surface area contributed by atoms with Gasteiger partial charge < -0.3 is 34.5 Å². The van der Waals surface area contributed by atoms with Crippen LogP contribution in [0, 0.1) is 0 Å². The molecule has 0 aliphatic heterocycles. The molecule has 3 aromatic carbocycles. The summed E-state index contributed by atoms with van der Waals surface area (Å²) in [4.78, 5) is 80.8. The molecule has 0 saturated heterocycles. The monoisotopic (exact) mass is 1330 g/mol. The lowest BCUT2D eigenvalue weighted by atomic mass is 9.79. The van der Waals surface area contributed by atoms with Crippen molar-refractivity contribution in [3.05, 3.63) is 69.8 Å². The smallest absolute Gasteiger partial charge is 0.317 e. The van der Waals surface area contributed by atoms with E-state index in [2.05, 4.69) is 4.52 Å². The molecule has 3 atom stereocenters. The number of carbonyl (C=O) groups excluding carboxylic acids is 4. The first-order valence-electron chi connectivity index (χ1n) is 29.2. The van der Waals surface area contributed by atoms with Crippen LogP contribution >= 0.6 is 60.1 Å². The summed E-state index contributed by atoms with van der Waals surface area (Å²) in [6, 6.07) is 11.5. The molecule has 0 radical (unpaired) electrons. The number of thioether (sulfide) groups is 3. The Hall–Kier alpha value is -2.76. The number of rotatable bonds is 22. The minimum atomic E-state index is -3.26. The number of phenols is 3. The van der Waals surface area contributed by atoms with Crippen LogP contribution in [0.2, 0.25) is 0 Å². The molecule has 0 fully saturated rings. The van der Waals surface area contributed by atoms with Gasteiger partial charge in [0.15, 0.2) is 23.1 Å². The Balaban J connectivity index is 0.000000653. The number of Topliss-reactive ketones (excluding diaryl/α,β-unsaturated/α-hetero) is 4. The normalized spacial score (nSPS) is 14.5. The summed E-state index contributed by atoms with van der Waals surface area (Å²) in [6.45, 7) is 53.3. The third-order valence-corrected chi connectivity index (χ3v) is 19.6. The van der Waals surface area contributed by atoms with Crippen LogP contribution in [-0.4, -0.2) is 85.2 Å². The molecular formula is C65H107O16P3S3. The molecule has 6 N–H and O–H groups in total. The highest BCUT2D eigenvalue weighted by atomic mass is 32.2. The van der Waals surface area contributed by atoms with Gasteiger partial charge in [-0.25, -0.2) is 0 Å². The fourth-order valence-corrected chi connectivity index (χ4v) is 14.7. The van der Waals surface area contributed by atoms with Crippen molar-refractivity contribution >= 4 is 83.2 Å². The average molecular weight is 1330 g/mol. The molecule has 22 heteroatoms. The van der Waals surface area contributed by atoms with Gasteiger partial charge >= 0.3 is 24.8 Å². The number of phenolic OH excluding ortho intramolecular Hbond substituents is 3. The fraction of sp³-hybridized carbons (Fsp3) is 0.662. The highest BCUT2D eigenvalue weighted by Crippen LogP contribution is 2.50. The Kier molecular flexibility index (Phi) is 28.7. The van der Waals surface area contributed by atoms with E-state index in [1.807, 2.05) is 175 Å². The van der Waals surface area contributed by atoms with Gasteiger partial charge in [-0.05, 0) is 137 Å². The lowest BCUT2D eigenvalue weighted by molar-refractivity contribution is -0.137. The zero-order chi connectivity index (χ0) is 68.8. The minimum Gasteiger partial charge on any atom is -0.507 e. The maximum Gasteiger partial charge on any atom is 0.317 e. The molecule has 0 bridgehead atoms. The molecule has 3 aromatic rings. The lowest BCUT2D eigenvalue weighted by Crippen LogP contribution is -2.48. The molecule has 0 aliphatic carbocycles. The van der Waals surface area contributed by atoms with E-state index in [1.54, 1.807) is 41.5 Å². The Morgan fingerprint density at radius 1 is 0.402 bits per heavy atom. The molecule has 0 aliphatic rings. The van der Waals surface area contributed by atoms with Gasteiger partial charge in [0.25, 0.3) is 0 Å². The van der Waals surface area contributed by atoms with Crippen molar-refractivity contribution in [3.8, 4) is 17.2 Å². The maximum absolute atomic E-state index is 13.5. The topological polar surface area (TPSA) is 269 Å². The van der Waals surface area contributed by atoms with E-state index in [4.69, 9.17) is 18.8 Å². The molecule has 0 spiro atoms. The Bertz CT molecular complexity index is 2900. The van der Waals surface area contributed by atoms with E-state index in [9.17, 15) is 53.1 Å². The molecule has 3 unspecified atom stereocenters. The second kappa shape index (κ2) is 30.3. The van der Waals surface area contributed by atoms with Gasteiger partial charge in [0.1, 0.15) is 35.1 Å². The number of benzene rings is 3. The first kappa shape index (κ1) is 82.3. The SMILES string of the molecule is CC(C)(O[PH](=O)O)C(=O)C(C)(C)Sc1cc(C(C)(C)C)c(O)c(C(C)(C)C)c1.CC(C)(Sc1cc(C(C)(C)C)c(O)c(C(C)(C)C)c1)C(=O)CC(=O)CO[PH](=O)O.CCC(CC)(O[PH](=O)O)C(=O)C(C)(C)Sc1cc(C(C)(C)C)c(O)c(C(C)(C)C)c1. The highest BCUT2D eigenvalue weighted by molar-refractivity contribution is 8.02. The summed E-state index contributed by atoms with van der Waals surface area (Å²) in [5.41, 5.74) is 0.566. The van der Waals surface area contributed by atoms with Crippen LogP contribution in [0.4, 0.5) is 0 Å². The van der Waals surface area contributed by atoms with E-state index in [1.165, 1.54) is 49.1 Å². The number of hydrogen-bond donors (Lipinski definition) is 6. The van der Waals surface area contributed by atoms with E-state index < -0.39 is 62.6 Å². The van der Waals surface area contributed by atoms with Crippen molar-refractivity contribution in [2.24, 2.45) is 0 Å². The molecule has 0 saturated carbocycles. The third kappa shape index (κ3) is 24.0. The van der Waals surface area contributed by atoms with Crippen molar-refractivity contribution < 1.29 is 76.4 Å². The molecule has 0 aromatic heterocycles. The summed E-state index contributed by atoms with van der Waals surface area (Å²) in [5, 5.41) is 32.6. The zero-order valence-corrected chi connectivity index (χ0v) is 62.7. The number of ketones is 4. The molecule has 496 valence electrons. The van der Waals surface area contributed by atoms with Crippen LogP contribution in [0.5, 0.6) is 17.2 Å². The number of hydrogen-bond acceptors (Lipinski definition) is 16. The fourth-order valence-electron chi connectivity index (χ4n) is 9.52. The van der Waals surface area contributed by atoms with Crippen LogP contribution < -0.4 is 0 Å². The predicted molar refractivity (Wildman–Crippen MR) is 360 cm³/mol. The molecule has 0 amide bonds. The number of aromatic hydroxyl groups is 3. The maximum atomic E-state index is 13.5. The summed E-state index contributed by atoms with van der Waals surface area (Å²) in [5.74, 6) is -0.465. The largest absolute Gasteiger partial charge is 0.507 e. The zero-order valence-electron chi connectivity index (χ0n) is 57.3. The van der Waals surface area contributed by atoms with E-state index in [-0.39, 0.29) is 67.8 Å². The summed E-state index contributed by atoms with van der Waals surface area (Å²) in [7, 11) is -9.70. The molecule has 87 heavy (non-hydrogen) atoms. The Morgan fingerprint density at radius 2 is 0.655 bits per heavy atom. The van der Waals surface area contributed by atoms with Crippen molar-refractivity contribution in [2.45, 2.75) is 286 Å². The number of carbonyl (C=O) groups is 4. The van der Waals surface area contributed by atoms with Crippen molar-refractivity contribution in [3.63, 3.8) is 0 Å². The lowest BCUT2D eigenvalue weighted by Gasteiger charge is -2.36. The van der Waals surface area contributed by atoms with Gasteiger partial charge in [0, 0.05) is 48.1 Å². The van der Waals surface area contributed by atoms with Gasteiger partial charge in [0.05, 0.1) is 20.7 Å². The van der Waals surface area contributed by atoms with Crippen molar-refractivity contribution in [2.75, 3.05) is 6.61 Å². The van der Waals surface area contributed by atoms with E-state index in [0.717, 1.165) is 48.1 Å². The third-order valence-electron chi connectivity index (χ3n) is 14.4. The van der Waals surface area contributed by atoms with Crippen LogP contribution in [0.3, 0.4) is 0 Å². The van der Waals surface area contributed by atoms with Gasteiger partial charge in [-0.2, -0.15) is 0 Å². The molecular weight excluding hydrogens is 1230 g/mol. The van der Waals surface area contributed by atoms with Crippen molar-refractivity contribution in [1.82, 2.24) is 0 Å². The van der Waals surface area contributed by atoms with E-state index >= 15 is 0 Å². The quantitative estimate of drug-likeness (QED) is 0.0310. The van der Waals surface area contributed by atoms with Crippen LogP contribution in [-0.2, 0) is 78.9 Å². The Labute approximate surface area is 535 Å². The van der Waals surface area contributed by atoms with Gasteiger partial charge in [-0.3, -0.25) is 41.9 Å².